The number of hydrogen-bond acceptors (Lipinski definition) is 6. The minimum atomic E-state index is -1.45. The Morgan fingerprint density at radius 2 is 1.72 bits per heavy atom. The standard InChI is InChI=1S/C10H14Cl2O6/c1-4(13)16-8-7(12)6(3-11)18-10(15)9(8)17-5(2)14/h6-10,15H,3H2,1-2H3/t6-,7-,8+,9-,10?/m1/s1. The summed E-state index contributed by atoms with van der Waals surface area (Å²) in [6, 6.07) is 0. The first-order chi connectivity index (χ1) is 8.36. The van der Waals surface area contributed by atoms with Crippen LogP contribution in [0.1, 0.15) is 13.8 Å². The summed E-state index contributed by atoms with van der Waals surface area (Å²) in [7, 11) is 0. The molecule has 8 heteroatoms. The van der Waals surface area contributed by atoms with Gasteiger partial charge in [-0.3, -0.25) is 9.59 Å². The van der Waals surface area contributed by atoms with Crippen LogP contribution in [-0.4, -0.2) is 52.9 Å². The van der Waals surface area contributed by atoms with E-state index in [1.54, 1.807) is 0 Å². The van der Waals surface area contributed by atoms with E-state index in [2.05, 4.69) is 0 Å². The number of carbonyl (C=O) groups is 2. The fourth-order valence-electron chi connectivity index (χ4n) is 1.65. The molecular weight excluding hydrogens is 287 g/mol. The van der Waals surface area contributed by atoms with Gasteiger partial charge in [0.25, 0.3) is 0 Å². The van der Waals surface area contributed by atoms with Gasteiger partial charge in [0.15, 0.2) is 18.5 Å². The second-order valence-corrected chi connectivity index (χ2v) is 4.62. The molecule has 0 radical (unpaired) electrons. The van der Waals surface area contributed by atoms with E-state index in [1.807, 2.05) is 0 Å². The van der Waals surface area contributed by atoms with Crippen LogP contribution in [0.15, 0.2) is 0 Å². The molecule has 1 N–H and O–H groups in total. The van der Waals surface area contributed by atoms with E-state index in [4.69, 9.17) is 37.4 Å². The van der Waals surface area contributed by atoms with Gasteiger partial charge >= 0.3 is 11.9 Å². The van der Waals surface area contributed by atoms with Crippen molar-refractivity contribution in [3.05, 3.63) is 0 Å². The lowest BCUT2D eigenvalue weighted by Crippen LogP contribution is -2.58. The molecular formula is C10H14Cl2O6. The van der Waals surface area contributed by atoms with Crippen LogP contribution in [-0.2, 0) is 23.8 Å². The number of aliphatic hydroxyl groups is 1. The van der Waals surface area contributed by atoms with E-state index in [0.29, 0.717) is 0 Å². The summed E-state index contributed by atoms with van der Waals surface area (Å²) in [6.45, 7) is 2.35. The maximum absolute atomic E-state index is 11.0. The van der Waals surface area contributed by atoms with Crippen molar-refractivity contribution >= 4 is 35.1 Å². The number of halogens is 2. The summed E-state index contributed by atoms with van der Waals surface area (Å²) in [4.78, 5) is 22.0. The van der Waals surface area contributed by atoms with Gasteiger partial charge in [0.1, 0.15) is 5.38 Å². The SMILES string of the molecule is CC(=O)O[C@H]1[C@H](Cl)[C@@H](CCl)OC(O)[C@@H]1OC(C)=O. The Labute approximate surface area is 114 Å². The van der Waals surface area contributed by atoms with Crippen molar-refractivity contribution in [2.75, 3.05) is 5.88 Å². The first-order valence-corrected chi connectivity index (χ1v) is 6.22. The van der Waals surface area contributed by atoms with Crippen LogP contribution < -0.4 is 0 Å². The molecule has 0 aromatic rings. The maximum atomic E-state index is 11.0. The Bertz CT molecular complexity index is 323. The molecule has 6 nitrogen and oxygen atoms in total. The van der Waals surface area contributed by atoms with Crippen LogP contribution in [0.5, 0.6) is 0 Å². The molecule has 0 aromatic heterocycles. The molecule has 5 atom stereocenters. The topological polar surface area (TPSA) is 82.1 Å². The van der Waals surface area contributed by atoms with Crippen molar-refractivity contribution < 1.29 is 28.9 Å². The van der Waals surface area contributed by atoms with Crippen molar-refractivity contribution in [1.82, 2.24) is 0 Å². The monoisotopic (exact) mass is 300 g/mol. The third kappa shape index (κ3) is 3.71. The van der Waals surface area contributed by atoms with Crippen molar-refractivity contribution in [2.24, 2.45) is 0 Å². The highest BCUT2D eigenvalue weighted by molar-refractivity contribution is 6.23. The van der Waals surface area contributed by atoms with Crippen LogP contribution in [0.3, 0.4) is 0 Å². The molecule has 104 valence electrons. The lowest BCUT2D eigenvalue weighted by atomic mass is 10.0. The zero-order valence-corrected chi connectivity index (χ0v) is 11.4. The minimum absolute atomic E-state index is 0.00971. The van der Waals surface area contributed by atoms with Gasteiger partial charge in [0, 0.05) is 13.8 Å². The predicted molar refractivity (Wildman–Crippen MR) is 62.3 cm³/mol. The number of esters is 2. The smallest absolute Gasteiger partial charge is 0.303 e. The number of hydrogen-bond donors (Lipinski definition) is 1. The average Bonchev–Trinajstić information content (AvgIpc) is 2.27. The van der Waals surface area contributed by atoms with Crippen LogP contribution in [0, 0.1) is 0 Å². The Balaban J connectivity index is 2.89. The van der Waals surface area contributed by atoms with Gasteiger partial charge in [-0.25, -0.2) is 0 Å². The first-order valence-electron chi connectivity index (χ1n) is 5.24. The highest BCUT2D eigenvalue weighted by Gasteiger charge is 2.48. The molecule has 0 aliphatic carbocycles. The Hall–Kier alpha value is -0.560. The number of carbonyl (C=O) groups excluding carboxylic acids is 2. The molecule has 0 saturated carbocycles. The molecule has 0 amide bonds. The third-order valence-corrected chi connectivity index (χ3v) is 3.18. The van der Waals surface area contributed by atoms with Gasteiger partial charge in [-0.1, -0.05) is 0 Å². The van der Waals surface area contributed by atoms with E-state index in [0.717, 1.165) is 6.92 Å². The van der Waals surface area contributed by atoms with Crippen LogP contribution in [0.4, 0.5) is 0 Å². The number of alkyl halides is 2. The third-order valence-electron chi connectivity index (χ3n) is 2.34. The van der Waals surface area contributed by atoms with Gasteiger partial charge in [0.05, 0.1) is 12.0 Å². The van der Waals surface area contributed by atoms with Crippen LogP contribution in [0.25, 0.3) is 0 Å². The summed E-state index contributed by atoms with van der Waals surface area (Å²) >= 11 is 11.7. The van der Waals surface area contributed by atoms with E-state index in [1.165, 1.54) is 6.92 Å². The second-order valence-electron chi connectivity index (χ2n) is 3.81. The van der Waals surface area contributed by atoms with Crippen molar-refractivity contribution in [2.45, 2.75) is 43.8 Å². The molecule has 1 unspecified atom stereocenters. The first kappa shape index (κ1) is 15.5. The lowest BCUT2D eigenvalue weighted by Gasteiger charge is -2.40. The summed E-state index contributed by atoms with van der Waals surface area (Å²) in [6.07, 6.45) is -4.34. The number of aliphatic hydroxyl groups excluding tert-OH is 1. The van der Waals surface area contributed by atoms with E-state index >= 15 is 0 Å². The van der Waals surface area contributed by atoms with E-state index in [9.17, 15) is 14.7 Å². The summed E-state index contributed by atoms with van der Waals surface area (Å²) in [5.41, 5.74) is 0. The van der Waals surface area contributed by atoms with Crippen LogP contribution in [0.2, 0.25) is 0 Å². The number of rotatable bonds is 3. The maximum Gasteiger partial charge on any atom is 0.303 e. The normalized spacial score (nSPS) is 35.9. The Morgan fingerprint density at radius 1 is 1.22 bits per heavy atom. The van der Waals surface area contributed by atoms with Gasteiger partial charge in [-0.15, -0.1) is 23.2 Å². The number of ether oxygens (including phenoxy) is 3. The summed E-state index contributed by atoms with van der Waals surface area (Å²) in [5.74, 6) is -1.24. The highest BCUT2D eigenvalue weighted by atomic mass is 35.5. The zero-order chi connectivity index (χ0) is 13.9. The molecule has 1 heterocycles. The fourth-order valence-corrected chi connectivity index (χ4v) is 2.35. The Kier molecular flexibility index (Phi) is 5.65. The van der Waals surface area contributed by atoms with Crippen molar-refractivity contribution in [3.63, 3.8) is 0 Å². The molecule has 18 heavy (non-hydrogen) atoms. The fraction of sp³-hybridized carbons (Fsp3) is 0.800. The van der Waals surface area contributed by atoms with E-state index < -0.39 is 41.9 Å². The largest absolute Gasteiger partial charge is 0.457 e. The Morgan fingerprint density at radius 3 is 2.17 bits per heavy atom. The molecule has 1 fully saturated rings. The minimum Gasteiger partial charge on any atom is -0.457 e. The van der Waals surface area contributed by atoms with Crippen molar-refractivity contribution in [1.29, 1.82) is 0 Å². The van der Waals surface area contributed by atoms with E-state index in [-0.39, 0.29) is 5.88 Å². The van der Waals surface area contributed by atoms with Gasteiger partial charge in [-0.2, -0.15) is 0 Å². The second kappa shape index (κ2) is 6.56. The average molecular weight is 301 g/mol. The molecule has 0 spiro atoms. The highest BCUT2D eigenvalue weighted by Crippen LogP contribution is 2.29. The molecule has 0 bridgehead atoms. The lowest BCUT2D eigenvalue weighted by molar-refractivity contribution is -0.253. The van der Waals surface area contributed by atoms with Crippen molar-refractivity contribution in [3.8, 4) is 0 Å². The van der Waals surface area contributed by atoms with Gasteiger partial charge < -0.3 is 19.3 Å². The molecule has 1 saturated heterocycles. The zero-order valence-electron chi connectivity index (χ0n) is 9.84. The van der Waals surface area contributed by atoms with Crippen LogP contribution >= 0.6 is 23.2 Å². The van der Waals surface area contributed by atoms with Gasteiger partial charge in [-0.05, 0) is 0 Å². The molecule has 1 aliphatic rings. The molecule has 1 rings (SSSR count). The quantitative estimate of drug-likeness (QED) is 0.601. The van der Waals surface area contributed by atoms with Gasteiger partial charge in [0.2, 0.25) is 0 Å². The molecule has 0 aromatic carbocycles. The summed E-state index contributed by atoms with van der Waals surface area (Å²) < 4.78 is 14.9. The molecule has 1 aliphatic heterocycles. The predicted octanol–water partition coefficient (Wildman–Crippen LogP) is 0.413. The summed E-state index contributed by atoms with van der Waals surface area (Å²) in [5, 5.41) is 8.89.